The maximum Gasteiger partial charge on any atom is 0.187 e. The monoisotopic (exact) mass is 1340 g/mol. The number of Topliss-reactive ketones (excluding diaryl/α,β-unsaturated/α-hetero) is 2. The van der Waals surface area contributed by atoms with Crippen LogP contribution in [0.4, 0.5) is 0 Å². The molecule has 0 spiro atoms. The zero-order valence-electron chi connectivity index (χ0n) is 52.6. The van der Waals surface area contributed by atoms with Gasteiger partial charge in [0.1, 0.15) is 146 Å². The molecule has 18 N–H and O–H groups in total. The van der Waals surface area contributed by atoms with E-state index in [4.69, 9.17) is 56.8 Å². The van der Waals surface area contributed by atoms with Gasteiger partial charge in [0.2, 0.25) is 0 Å². The van der Waals surface area contributed by atoms with Crippen LogP contribution in [-0.4, -0.2) is 328 Å². The molecule has 10 rings (SSSR count). The molecule has 4 aliphatic carbocycles. The van der Waals surface area contributed by atoms with Gasteiger partial charge in [0, 0.05) is 24.7 Å². The Morgan fingerprint density at radius 1 is 0.505 bits per heavy atom. The molecule has 38 atom stereocenters. The molecule has 6 saturated heterocycles. The molecule has 38 unspecified atom stereocenters. The van der Waals surface area contributed by atoms with E-state index in [-0.39, 0.29) is 66.2 Å². The molecule has 0 aromatic heterocycles. The Bertz CT molecular complexity index is 2430. The number of hydrogen-bond donors (Lipinski definition) is 18. The topological polar surface area (TPSA) is 509 Å². The van der Waals surface area contributed by atoms with Crippen LogP contribution in [0.3, 0.4) is 0 Å². The minimum absolute atomic E-state index is 0.00346. The van der Waals surface area contributed by atoms with E-state index in [2.05, 4.69) is 13.8 Å². The van der Waals surface area contributed by atoms with Crippen molar-refractivity contribution >= 4 is 11.6 Å². The van der Waals surface area contributed by atoms with E-state index < -0.39 is 228 Å². The fourth-order valence-electron chi connectivity index (χ4n) is 17.0. The number of ketones is 2. The molecule has 10 fully saturated rings. The van der Waals surface area contributed by atoms with E-state index in [1.807, 2.05) is 13.8 Å². The second-order valence-corrected chi connectivity index (χ2v) is 28.4. The molecule has 32 nitrogen and oxygen atoms in total. The van der Waals surface area contributed by atoms with Gasteiger partial charge in [0.15, 0.2) is 37.7 Å². The van der Waals surface area contributed by atoms with Gasteiger partial charge in [-0.25, -0.2) is 0 Å². The van der Waals surface area contributed by atoms with Gasteiger partial charge in [-0.1, -0.05) is 27.7 Å². The first-order valence-electron chi connectivity index (χ1n) is 32.9. The third-order valence-electron chi connectivity index (χ3n) is 22.6. The molecule has 32 heteroatoms. The van der Waals surface area contributed by atoms with Crippen molar-refractivity contribution in [3.63, 3.8) is 0 Å². The van der Waals surface area contributed by atoms with E-state index >= 15 is 0 Å². The van der Waals surface area contributed by atoms with Gasteiger partial charge in [-0.3, -0.25) is 9.59 Å². The number of carbonyl (C=O) groups excluding carboxylic acids is 2. The second kappa shape index (κ2) is 30.5. The lowest BCUT2D eigenvalue weighted by atomic mass is 9.44. The summed E-state index contributed by atoms with van der Waals surface area (Å²) in [6.45, 7) is 4.19. The molecule has 6 aliphatic heterocycles. The molecule has 536 valence electrons. The highest BCUT2D eigenvalue weighted by atomic mass is 16.8. The van der Waals surface area contributed by atoms with Crippen molar-refractivity contribution in [2.45, 2.75) is 270 Å². The number of ether oxygens (including phenoxy) is 12. The van der Waals surface area contributed by atoms with Gasteiger partial charge in [-0.15, -0.1) is 0 Å². The van der Waals surface area contributed by atoms with Crippen LogP contribution in [0, 0.1) is 52.3 Å². The minimum atomic E-state index is -2.05. The standard InChI is InChI=1S/C61H100O32/c1-22(18-82-55-48(79)44(75)41(72)36(90-55)21-85-54-46(77)38(69)31(67)19-83-54)5-8-29(65)23(2)37-30(66)14-28-26-7-6-24-13-25(9-11-60(24,3)27(26)10-12-61(28,37)4)86-57-50(81)45(76)51(35(17-64)89-57)91-59-53(93-58-49(80)43(74)40(71)33(15-62)87-58)52(42(73)34(16-63)88-59)92-56-47(78)39(70)32(68)20-84-56/h22-28,31-59,62-64,67-81H,5-21H2,1-4H3. The van der Waals surface area contributed by atoms with Crippen LogP contribution in [0.15, 0.2) is 0 Å². The van der Waals surface area contributed by atoms with Crippen molar-refractivity contribution in [3.8, 4) is 0 Å². The maximum absolute atomic E-state index is 14.3. The summed E-state index contributed by atoms with van der Waals surface area (Å²) in [5.74, 6) is -0.558. The van der Waals surface area contributed by atoms with Gasteiger partial charge in [0.05, 0.1) is 52.4 Å². The van der Waals surface area contributed by atoms with Crippen molar-refractivity contribution in [3.05, 3.63) is 0 Å². The predicted molar refractivity (Wildman–Crippen MR) is 305 cm³/mol. The van der Waals surface area contributed by atoms with Gasteiger partial charge < -0.3 is 149 Å². The van der Waals surface area contributed by atoms with Crippen LogP contribution in [0.5, 0.6) is 0 Å². The summed E-state index contributed by atoms with van der Waals surface area (Å²) in [5.41, 5.74) is -0.578. The summed E-state index contributed by atoms with van der Waals surface area (Å²) in [6, 6.07) is 0. The molecule has 0 bridgehead atoms. The van der Waals surface area contributed by atoms with Crippen LogP contribution in [-0.2, 0) is 66.4 Å². The van der Waals surface area contributed by atoms with E-state index in [1.54, 1.807) is 0 Å². The Hall–Kier alpha value is -1.86. The third kappa shape index (κ3) is 14.7. The normalized spacial score (nSPS) is 51.9. The Labute approximate surface area is 537 Å². The molecule has 4 saturated carbocycles. The Morgan fingerprint density at radius 3 is 1.70 bits per heavy atom. The summed E-state index contributed by atoms with van der Waals surface area (Å²) in [5, 5.41) is 192. The lowest BCUT2D eigenvalue weighted by Gasteiger charge is -2.61. The highest BCUT2D eigenvalue weighted by Gasteiger charge is 2.65. The molecule has 0 radical (unpaired) electrons. The summed E-state index contributed by atoms with van der Waals surface area (Å²) in [7, 11) is 0. The summed E-state index contributed by atoms with van der Waals surface area (Å²) < 4.78 is 70.1. The van der Waals surface area contributed by atoms with E-state index in [9.17, 15) is 102 Å². The van der Waals surface area contributed by atoms with Crippen LogP contribution in [0.1, 0.15) is 91.9 Å². The third-order valence-corrected chi connectivity index (χ3v) is 22.6. The van der Waals surface area contributed by atoms with Crippen molar-refractivity contribution in [1.82, 2.24) is 0 Å². The Kier molecular flexibility index (Phi) is 24.3. The number of hydrogen-bond acceptors (Lipinski definition) is 32. The molecule has 93 heavy (non-hydrogen) atoms. The van der Waals surface area contributed by atoms with Crippen molar-refractivity contribution in [2.24, 2.45) is 52.3 Å². The maximum atomic E-state index is 14.3. The molecule has 0 aromatic rings. The Morgan fingerprint density at radius 2 is 1.03 bits per heavy atom. The number of fused-ring (bicyclic) bond motifs is 5. The Balaban J connectivity index is 0.730. The van der Waals surface area contributed by atoms with Crippen molar-refractivity contribution in [1.29, 1.82) is 0 Å². The molecular formula is C61H100O32. The summed E-state index contributed by atoms with van der Waals surface area (Å²) >= 11 is 0. The number of carbonyl (C=O) groups is 2. The largest absolute Gasteiger partial charge is 0.394 e. The van der Waals surface area contributed by atoms with Crippen LogP contribution < -0.4 is 0 Å². The zero-order chi connectivity index (χ0) is 67.4. The molecule has 0 amide bonds. The van der Waals surface area contributed by atoms with E-state index in [0.717, 1.165) is 32.1 Å². The molecule has 6 heterocycles. The molecule has 0 aromatic carbocycles. The van der Waals surface area contributed by atoms with Gasteiger partial charge >= 0.3 is 0 Å². The first-order chi connectivity index (χ1) is 44.1. The van der Waals surface area contributed by atoms with E-state index in [1.165, 1.54) is 0 Å². The fourth-order valence-corrected chi connectivity index (χ4v) is 17.0. The van der Waals surface area contributed by atoms with Crippen LogP contribution in [0.2, 0.25) is 0 Å². The quantitative estimate of drug-likeness (QED) is 0.0448. The first-order valence-corrected chi connectivity index (χ1v) is 32.9. The average molecular weight is 1350 g/mol. The first kappa shape index (κ1) is 73.8. The van der Waals surface area contributed by atoms with Gasteiger partial charge in [-0.2, -0.15) is 0 Å². The predicted octanol–water partition coefficient (Wildman–Crippen LogP) is -6.98. The number of rotatable bonds is 22. The highest BCUT2D eigenvalue weighted by Crippen LogP contribution is 2.68. The van der Waals surface area contributed by atoms with Crippen molar-refractivity contribution < 1.29 is 158 Å². The van der Waals surface area contributed by atoms with Gasteiger partial charge in [0.25, 0.3) is 0 Å². The lowest BCUT2D eigenvalue weighted by Crippen LogP contribution is -2.68. The van der Waals surface area contributed by atoms with Crippen molar-refractivity contribution in [2.75, 3.05) is 46.2 Å². The average Bonchev–Trinajstić information content (AvgIpc) is 1.61. The summed E-state index contributed by atoms with van der Waals surface area (Å²) in [4.78, 5) is 28.4. The minimum Gasteiger partial charge on any atom is -0.394 e. The zero-order valence-corrected chi connectivity index (χ0v) is 52.6. The second-order valence-electron chi connectivity index (χ2n) is 28.4. The highest BCUT2D eigenvalue weighted by molar-refractivity contribution is 5.92. The lowest BCUT2D eigenvalue weighted by molar-refractivity contribution is -0.404. The number of aliphatic hydroxyl groups is 18. The van der Waals surface area contributed by atoms with Crippen LogP contribution in [0.25, 0.3) is 0 Å². The fraction of sp³-hybridized carbons (Fsp3) is 0.967. The van der Waals surface area contributed by atoms with E-state index in [0.29, 0.717) is 25.7 Å². The molecular weight excluding hydrogens is 1240 g/mol. The summed E-state index contributed by atoms with van der Waals surface area (Å²) in [6.07, 6.45) is -42.0. The molecule has 10 aliphatic rings. The van der Waals surface area contributed by atoms with Crippen LogP contribution >= 0.6 is 0 Å². The number of aliphatic hydroxyl groups excluding tert-OH is 18. The van der Waals surface area contributed by atoms with Gasteiger partial charge in [-0.05, 0) is 91.8 Å². The SMILES string of the molecule is CC(CCC(=O)C(C)C1C(=O)CC2C3CCC4CC(OC5OC(CO)C(OC6OC(CO)C(O)C(OC7OCC(O)C(O)C7O)C6OC6OC(CO)C(O)C(O)C6O)C(O)C5O)CCC4(C)C3CCC21C)COC1OC(COC2OCC(O)C(O)C2O)C(O)C(O)C1O. The smallest absolute Gasteiger partial charge is 0.187 e.